The summed E-state index contributed by atoms with van der Waals surface area (Å²) in [7, 11) is 3.43. The molecule has 1 saturated heterocycles. The van der Waals surface area contributed by atoms with E-state index < -0.39 is 0 Å². The molecule has 1 heterocycles. The molecule has 0 unspecified atom stereocenters. The SMILES string of the molecule is COc1ccccc1COCCCOc1ccc([C@H]2CCNC[C@@H]2OCC(=O)N(C)c2ccccc2CCNC(C)=O)cc1. The van der Waals surface area contributed by atoms with Gasteiger partial charge in [-0.3, -0.25) is 9.59 Å². The highest BCUT2D eigenvalue weighted by Crippen LogP contribution is 2.29. The Labute approximate surface area is 260 Å². The second kappa shape index (κ2) is 17.4. The topological polar surface area (TPSA) is 98.4 Å². The number of amides is 2. The summed E-state index contributed by atoms with van der Waals surface area (Å²) in [5.74, 6) is 1.65. The Hall–Kier alpha value is -3.92. The summed E-state index contributed by atoms with van der Waals surface area (Å²) in [5.41, 5.74) is 4.03. The minimum Gasteiger partial charge on any atom is -0.496 e. The van der Waals surface area contributed by atoms with E-state index in [0.717, 1.165) is 47.7 Å². The van der Waals surface area contributed by atoms with Gasteiger partial charge in [0.15, 0.2) is 0 Å². The van der Waals surface area contributed by atoms with Gasteiger partial charge in [0.05, 0.1) is 33.0 Å². The van der Waals surface area contributed by atoms with Gasteiger partial charge in [-0.2, -0.15) is 0 Å². The Balaban J connectivity index is 1.23. The zero-order valence-corrected chi connectivity index (χ0v) is 26.1. The van der Waals surface area contributed by atoms with Gasteiger partial charge in [-0.05, 0) is 54.8 Å². The lowest BCUT2D eigenvalue weighted by atomic mass is 9.87. The van der Waals surface area contributed by atoms with Crippen LogP contribution in [0.5, 0.6) is 11.5 Å². The van der Waals surface area contributed by atoms with Gasteiger partial charge in [0.25, 0.3) is 5.91 Å². The van der Waals surface area contributed by atoms with E-state index in [1.54, 1.807) is 19.1 Å². The van der Waals surface area contributed by atoms with Crippen molar-refractivity contribution >= 4 is 17.5 Å². The third-order valence-corrected chi connectivity index (χ3v) is 7.80. The van der Waals surface area contributed by atoms with E-state index in [1.165, 1.54) is 12.5 Å². The van der Waals surface area contributed by atoms with Crippen molar-refractivity contribution in [2.75, 3.05) is 58.5 Å². The number of para-hydroxylation sites is 2. The summed E-state index contributed by atoms with van der Waals surface area (Å²) < 4.78 is 23.3. The van der Waals surface area contributed by atoms with Crippen LogP contribution in [0.4, 0.5) is 5.69 Å². The molecule has 2 N–H and O–H groups in total. The lowest BCUT2D eigenvalue weighted by Crippen LogP contribution is -2.43. The van der Waals surface area contributed by atoms with E-state index in [2.05, 4.69) is 22.8 Å². The normalized spacial score (nSPS) is 16.2. The van der Waals surface area contributed by atoms with Crippen LogP contribution in [0.1, 0.15) is 42.4 Å². The number of carbonyl (C=O) groups is 2. The van der Waals surface area contributed by atoms with Crippen LogP contribution < -0.4 is 25.0 Å². The predicted molar refractivity (Wildman–Crippen MR) is 171 cm³/mol. The third-order valence-electron chi connectivity index (χ3n) is 7.80. The zero-order valence-electron chi connectivity index (χ0n) is 26.1. The van der Waals surface area contributed by atoms with Crippen molar-refractivity contribution in [3.63, 3.8) is 0 Å². The number of hydrogen-bond acceptors (Lipinski definition) is 7. The Morgan fingerprint density at radius 2 is 1.73 bits per heavy atom. The highest BCUT2D eigenvalue weighted by Gasteiger charge is 2.28. The van der Waals surface area contributed by atoms with Crippen LogP contribution in [0, 0.1) is 0 Å². The molecule has 236 valence electrons. The van der Waals surface area contributed by atoms with Gasteiger partial charge >= 0.3 is 0 Å². The first-order chi connectivity index (χ1) is 21.5. The number of likely N-dealkylation sites (N-methyl/N-ethyl adjacent to an activating group) is 1. The molecule has 0 bridgehead atoms. The fourth-order valence-electron chi connectivity index (χ4n) is 5.39. The molecule has 0 spiro atoms. The van der Waals surface area contributed by atoms with Gasteiger partial charge in [-0.1, -0.05) is 48.5 Å². The average Bonchev–Trinajstić information content (AvgIpc) is 3.05. The van der Waals surface area contributed by atoms with Crippen LogP contribution in [-0.2, 0) is 32.1 Å². The minimum absolute atomic E-state index is 0.0142. The standard InChI is InChI=1S/C35H45N3O6/c1-26(39)37-20-17-28-9-4-6-11-32(28)38(2)35(40)25-44-34-23-36-19-18-31(34)27-13-15-30(16-14-27)43-22-8-21-42-24-29-10-5-7-12-33(29)41-3/h4-7,9-16,31,34,36H,8,17-25H2,1-3H3,(H,37,39)/t31-,34+/m1/s1. The molecule has 2 atom stereocenters. The van der Waals surface area contributed by atoms with Crippen molar-refractivity contribution in [2.24, 2.45) is 0 Å². The number of hydrogen-bond donors (Lipinski definition) is 2. The Morgan fingerprint density at radius 1 is 0.977 bits per heavy atom. The summed E-state index contributed by atoms with van der Waals surface area (Å²) in [5, 5.41) is 6.22. The van der Waals surface area contributed by atoms with E-state index in [9.17, 15) is 9.59 Å². The number of nitrogens with one attached hydrogen (secondary N) is 2. The molecule has 0 aromatic heterocycles. The van der Waals surface area contributed by atoms with E-state index >= 15 is 0 Å². The molecule has 9 nitrogen and oxygen atoms in total. The van der Waals surface area contributed by atoms with Crippen molar-refractivity contribution in [1.29, 1.82) is 0 Å². The van der Waals surface area contributed by atoms with E-state index in [4.69, 9.17) is 18.9 Å². The number of piperidine rings is 1. The number of anilines is 1. The van der Waals surface area contributed by atoms with Crippen molar-refractivity contribution in [2.45, 2.75) is 44.8 Å². The molecule has 0 saturated carbocycles. The molecule has 1 fully saturated rings. The third kappa shape index (κ3) is 9.80. The summed E-state index contributed by atoms with van der Waals surface area (Å²) in [6.07, 6.45) is 2.22. The molecule has 3 aromatic carbocycles. The maximum atomic E-state index is 13.2. The van der Waals surface area contributed by atoms with Crippen LogP contribution in [0.3, 0.4) is 0 Å². The van der Waals surface area contributed by atoms with Gasteiger partial charge in [0.1, 0.15) is 18.1 Å². The van der Waals surface area contributed by atoms with Gasteiger partial charge in [-0.15, -0.1) is 0 Å². The Kier molecular flexibility index (Phi) is 13.0. The van der Waals surface area contributed by atoms with Gasteiger partial charge in [-0.25, -0.2) is 0 Å². The number of methoxy groups -OCH3 is 1. The smallest absolute Gasteiger partial charge is 0.252 e. The maximum absolute atomic E-state index is 13.2. The molecule has 9 heteroatoms. The van der Waals surface area contributed by atoms with Crippen molar-refractivity contribution in [1.82, 2.24) is 10.6 Å². The lowest BCUT2D eigenvalue weighted by molar-refractivity contribution is -0.125. The summed E-state index contributed by atoms with van der Waals surface area (Å²) in [6.45, 7) is 5.25. The number of rotatable bonds is 16. The van der Waals surface area contributed by atoms with Gasteiger partial charge in [0, 0.05) is 50.7 Å². The highest BCUT2D eigenvalue weighted by atomic mass is 16.5. The average molecular weight is 604 g/mol. The van der Waals surface area contributed by atoms with E-state index in [-0.39, 0.29) is 30.4 Å². The molecule has 0 aliphatic carbocycles. The number of nitrogens with zero attached hydrogens (tertiary/aromatic N) is 1. The lowest BCUT2D eigenvalue weighted by Gasteiger charge is -2.33. The molecule has 1 aliphatic heterocycles. The van der Waals surface area contributed by atoms with Crippen LogP contribution in [0.25, 0.3) is 0 Å². The zero-order chi connectivity index (χ0) is 31.1. The van der Waals surface area contributed by atoms with Crippen molar-refractivity contribution in [3.05, 3.63) is 89.5 Å². The van der Waals surface area contributed by atoms with E-state index in [1.807, 2.05) is 60.7 Å². The first kappa shape index (κ1) is 33.0. The second-order valence-electron chi connectivity index (χ2n) is 10.9. The molecular weight excluding hydrogens is 558 g/mol. The number of ether oxygens (including phenoxy) is 4. The molecule has 44 heavy (non-hydrogen) atoms. The second-order valence-corrected chi connectivity index (χ2v) is 10.9. The van der Waals surface area contributed by atoms with Crippen molar-refractivity contribution in [3.8, 4) is 11.5 Å². The van der Waals surface area contributed by atoms with Crippen LogP contribution >= 0.6 is 0 Å². The first-order valence-electron chi connectivity index (χ1n) is 15.3. The van der Waals surface area contributed by atoms with E-state index in [0.29, 0.717) is 39.3 Å². The van der Waals surface area contributed by atoms with Gasteiger partial charge in [0.2, 0.25) is 5.91 Å². The molecule has 1 aliphatic rings. The fraction of sp³-hybridized carbons (Fsp3) is 0.429. The minimum atomic E-state index is -0.122. The fourth-order valence-corrected chi connectivity index (χ4v) is 5.39. The Bertz CT molecular complexity index is 1330. The quantitative estimate of drug-likeness (QED) is 0.233. The van der Waals surface area contributed by atoms with Crippen LogP contribution in [0.2, 0.25) is 0 Å². The largest absolute Gasteiger partial charge is 0.496 e. The van der Waals surface area contributed by atoms with Crippen molar-refractivity contribution < 1.29 is 28.5 Å². The first-order valence-corrected chi connectivity index (χ1v) is 15.3. The molecule has 0 radical (unpaired) electrons. The summed E-state index contributed by atoms with van der Waals surface area (Å²) >= 11 is 0. The van der Waals surface area contributed by atoms with Crippen LogP contribution in [0.15, 0.2) is 72.8 Å². The summed E-state index contributed by atoms with van der Waals surface area (Å²) in [6, 6.07) is 23.8. The Morgan fingerprint density at radius 3 is 2.50 bits per heavy atom. The monoisotopic (exact) mass is 603 g/mol. The van der Waals surface area contributed by atoms with Crippen LogP contribution in [-0.4, -0.2) is 71.5 Å². The molecule has 4 rings (SSSR count). The molecule has 2 amide bonds. The molecule has 3 aromatic rings. The molecular formula is C35H45N3O6. The number of benzene rings is 3. The maximum Gasteiger partial charge on any atom is 0.252 e. The predicted octanol–water partition coefficient (Wildman–Crippen LogP) is 4.48. The number of carbonyl (C=O) groups excluding carboxylic acids is 2. The highest BCUT2D eigenvalue weighted by molar-refractivity contribution is 5.94. The van der Waals surface area contributed by atoms with Gasteiger partial charge < -0.3 is 34.5 Å². The summed E-state index contributed by atoms with van der Waals surface area (Å²) in [4.78, 5) is 26.1.